The Morgan fingerprint density at radius 2 is 2.19 bits per heavy atom. The van der Waals surface area contributed by atoms with Gasteiger partial charge in [0.25, 0.3) is 0 Å². The molecule has 1 aromatic heterocycles. The molecule has 2 heterocycles. The smallest absolute Gasteiger partial charge is 0.317 e. The van der Waals surface area contributed by atoms with E-state index in [0.717, 1.165) is 25.9 Å². The number of rotatable bonds is 2. The van der Waals surface area contributed by atoms with Crippen molar-refractivity contribution in [3.05, 3.63) is 35.0 Å². The number of hydrogen-bond donors (Lipinski definition) is 2. The number of carbonyl (C=O) groups excluding carboxylic acids is 1. The zero-order valence-electron chi connectivity index (χ0n) is 12.2. The van der Waals surface area contributed by atoms with E-state index in [0.29, 0.717) is 12.4 Å². The van der Waals surface area contributed by atoms with E-state index in [9.17, 15) is 4.79 Å². The average Bonchev–Trinajstić information content (AvgIpc) is 2.68. The van der Waals surface area contributed by atoms with Gasteiger partial charge in [-0.25, -0.2) is 4.79 Å². The minimum absolute atomic E-state index is 0.0127. The number of fused-ring (bicyclic) bond motifs is 3. The molecule has 0 atom stereocenters. The average molecular weight is 306 g/mol. The molecule has 2 N–H and O–H groups in total. The van der Waals surface area contributed by atoms with Gasteiger partial charge in [-0.15, -0.1) is 11.6 Å². The van der Waals surface area contributed by atoms with Crippen LogP contribution in [0, 0.1) is 6.92 Å². The number of carbonyl (C=O) groups is 1. The molecule has 0 spiro atoms. The van der Waals surface area contributed by atoms with E-state index in [1.165, 1.54) is 27.7 Å². The van der Waals surface area contributed by atoms with Gasteiger partial charge >= 0.3 is 6.03 Å². The topological polar surface area (TPSA) is 48.1 Å². The normalized spacial score (nSPS) is 14.9. The van der Waals surface area contributed by atoms with E-state index < -0.39 is 0 Å². The molecule has 0 unspecified atom stereocenters. The second-order valence-corrected chi connectivity index (χ2v) is 5.92. The Hall–Kier alpha value is -1.68. The lowest BCUT2D eigenvalue weighted by molar-refractivity contribution is 0.201. The first-order chi connectivity index (χ1) is 10.2. The summed E-state index contributed by atoms with van der Waals surface area (Å²) in [6.45, 7) is 4.13. The Morgan fingerprint density at radius 1 is 1.38 bits per heavy atom. The van der Waals surface area contributed by atoms with Gasteiger partial charge in [-0.2, -0.15) is 0 Å². The van der Waals surface area contributed by atoms with Crippen LogP contribution in [0.2, 0.25) is 0 Å². The van der Waals surface area contributed by atoms with Crippen LogP contribution in [0.25, 0.3) is 10.9 Å². The number of alkyl halides is 1. The number of benzene rings is 1. The second kappa shape index (κ2) is 5.98. The van der Waals surface area contributed by atoms with Gasteiger partial charge in [0, 0.05) is 48.5 Å². The van der Waals surface area contributed by atoms with Gasteiger partial charge in [0.15, 0.2) is 0 Å². The number of amides is 2. The first-order valence-electron chi connectivity index (χ1n) is 7.38. The van der Waals surface area contributed by atoms with E-state index in [4.69, 9.17) is 11.6 Å². The van der Waals surface area contributed by atoms with Gasteiger partial charge in [0.1, 0.15) is 0 Å². The van der Waals surface area contributed by atoms with Crippen molar-refractivity contribution in [2.24, 2.45) is 0 Å². The molecule has 0 bridgehead atoms. The van der Waals surface area contributed by atoms with Crippen molar-refractivity contribution in [3.63, 3.8) is 0 Å². The molecule has 5 heteroatoms. The van der Waals surface area contributed by atoms with Gasteiger partial charge in [0.2, 0.25) is 0 Å². The van der Waals surface area contributed by atoms with Gasteiger partial charge in [0.05, 0.1) is 0 Å². The van der Waals surface area contributed by atoms with Crippen molar-refractivity contribution < 1.29 is 4.79 Å². The molecule has 1 aromatic carbocycles. The minimum Gasteiger partial charge on any atom is -0.358 e. The summed E-state index contributed by atoms with van der Waals surface area (Å²) in [7, 11) is 0. The molecule has 4 nitrogen and oxygen atoms in total. The van der Waals surface area contributed by atoms with Gasteiger partial charge in [-0.05, 0) is 31.0 Å². The number of aromatic nitrogens is 1. The Labute approximate surface area is 129 Å². The molecule has 0 saturated carbocycles. The summed E-state index contributed by atoms with van der Waals surface area (Å²) in [5.74, 6) is 0.447. The molecule has 2 aromatic rings. The van der Waals surface area contributed by atoms with Crippen LogP contribution in [-0.4, -0.2) is 41.4 Å². The van der Waals surface area contributed by atoms with Crippen molar-refractivity contribution in [2.75, 3.05) is 25.5 Å². The van der Waals surface area contributed by atoms with Crippen molar-refractivity contribution in [2.45, 2.75) is 19.8 Å². The second-order valence-electron chi connectivity index (χ2n) is 5.54. The molecule has 3 rings (SSSR count). The summed E-state index contributed by atoms with van der Waals surface area (Å²) in [4.78, 5) is 17.4. The molecular formula is C16H20ClN3O. The SMILES string of the molecule is Cc1ccc2[nH]c3c(c2c1)CCN(C(=O)NCCCl)CC3. The lowest BCUT2D eigenvalue weighted by Crippen LogP contribution is -2.42. The molecule has 0 radical (unpaired) electrons. The summed E-state index contributed by atoms with van der Waals surface area (Å²) in [6, 6.07) is 6.49. The van der Waals surface area contributed by atoms with Crippen LogP contribution in [0.4, 0.5) is 4.79 Å². The van der Waals surface area contributed by atoms with Crippen molar-refractivity contribution in [3.8, 4) is 0 Å². The lowest BCUT2D eigenvalue weighted by Gasteiger charge is -2.20. The Kier molecular flexibility index (Phi) is 4.06. The summed E-state index contributed by atoms with van der Waals surface area (Å²) >= 11 is 5.61. The number of hydrogen-bond acceptors (Lipinski definition) is 1. The number of H-pyrrole nitrogens is 1. The van der Waals surface area contributed by atoms with Crippen molar-refractivity contribution in [1.29, 1.82) is 0 Å². The van der Waals surface area contributed by atoms with Crippen LogP contribution in [0.5, 0.6) is 0 Å². The third-order valence-electron chi connectivity index (χ3n) is 4.07. The maximum atomic E-state index is 12.0. The van der Waals surface area contributed by atoms with Crippen LogP contribution in [-0.2, 0) is 12.8 Å². The molecule has 1 aliphatic rings. The summed E-state index contributed by atoms with van der Waals surface area (Å²) in [6.07, 6.45) is 1.77. The van der Waals surface area contributed by atoms with E-state index in [1.54, 1.807) is 0 Å². The fourth-order valence-electron chi connectivity index (χ4n) is 2.99. The number of nitrogens with zero attached hydrogens (tertiary/aromatic N) is 1. The predicted molar refractivity (Wildman–Crippen MR) is 86.1 cm³/mol. The highest BCUT2D eigenvalue weighted by Crippen LogP contribution is 2.26. The van der Waals surface area contributed by atoms with Gasteiger partial charge in [-0.3, -0.25) is 0 Å². The zero-order valence-corrected chi connectivity index (χ0v) is 13.0. The van der Waals surface area contributed by atoms with E-state index >= 15 is 0 Å². The highest BCUT2D eigenvalue weighted by molar-refractivity contribution is 6.18. The van der Waals surface area contributed by atoms with E-state index in [2.05, 4.69) is 35.4 Å². The molecule has 2 amide bonds. The third kappa shape index (κ3) is 2.86. The number of nitrogens with one attached hydrogen (secondary N) is 2. The molecular weight excluding hydrogens is 286 g/mol. The summed E-state index contributed by atoms with van der Waals surface area (Å²) < 4.78 is 0. The van der Waals surface area contributed by atoms with Crippen LogP contribution < -0.4 is 5.32 Å². The quantitative estimate of drug-likeness (QED) is 0.824. The molecule has 1 aliphatic heterocycles. The predicted octanol–water partition coefficient (Wildman–Crippen LogP) is 2.83. The standard InChI is InChI=1S/C16H20ClN3O/c1-11-2-3-14-13(10-11)12-4-8-20(9-5-15(12)19-14)16(21)18-7-6-17/h2-3,10,19H,4-9H2,1H3,(H,18,21). The zero-order chi connectivity index (χ0) is 14.8. The van der Waals surface area contributed by atoms with E-state index in [1.807, 2.05) is 4.90 Å². The Bertz CT molecular complexity index is 665. The fraction of sp³-hybridized carbons (Fsp3) is 0.438. The molecule has 112 valence electrons. The van der Waals surface area contributed by atoms with Crippen molar-refractivity contribution >= 4 is 28.5 Å². The van der Waals surface area contributed by atoms with Gasteiger partial charge in [-0.1, -0.05) is 11.6 Å². The molecule has 0 aliphatic carbocycles. The Morgan fingerprint density at radius 3 is 3.00 bits per heavy atom. The maximum Gasteiger partial charge on any atom is 0.317 e. The van der Waals surface area contributed by atoms with Gasteiger partial charge < -0.3 is 15.2 Å². The maximum absolute atomic E-state index is 12.0. The number of urea groups is 1. The lowest BCUT2D eigenvalue weighted by atomic mass is 10.1. The first-order valence-corrected chi connectivity index (χ1v) is 7.91. The van der Waals surface area contributed by atoms with Crippen LogP contribution in [0.1, 0.15) is 16.8 Å². The fourth-order valence-corrected chi connectivity index (χ4v) is 3.09. The highest BCUT2D eigenvalue weighted by Gasteiger charge is 2.21. The number of aromatic amines is 1. The minimum atomic E-state index is -0.0127. The number of aryl methyl sites for hydroxylation is 1. The third-order valence-corrected chi connectivity index (χ3v) is 4.26. The molecule has 0 fully saturated rings. The number of halogens is 1. The van der Waals surface area contributed by atoms with E-state index in [-0.39, 0.29) is 6.03 Å². The molecule has 21 heavy (non-hydrogen) atoms. The van der Waals surface area contributed by atoms with Crippen LogP contribution in [0.3, 0.4) is 0 Å². The van der Waals surface area contributed by atoms with Crippen LogP contribution in [0.15, 0.2) is 18.2 Å². The largest absolute Gasteiger partial charge is 0.358 e. The highest BCUT2D eigenvalue weighted by atomic mass is 35.5. The Balaban J connectivity index is 1.80. The summed E-state index contributed by atoms with van der Waals surface area (Å²) in [5.41, 5.74) is 5.10. The van der Waals surface area contributed by atoms with Crippen molar-refractivity contribution in [1.82, 2.24) is 15.2 Å². The van der Waals surface area contributed by atoms with Crippen LogP contribution >= 0.6 is 11.6 Å². The molecule has 0 saturated heterocycles. The summed E-state index contributed by atoms with van der Waals surface area (Å²) in [5, 5.41) is 4.14. The monoisotopic (exact) mass is 305 g/mol. The first kappa shape index (κ1) is 14.3.